The van der Waals surface area contributed by atoms with Crippen molar-refractivity contribution in [1.82, 2.24) is 4.90 Å². The van der Waals surface area contributed by atoms with Crippen LogP contribution >= 0.6 is 0 Å². The van der Waals surface area contributed by atoms with E-state index in [0.29, 0.717) is 26.3 Å². The number of nitrogens with zero attached hydrogens (tertiary/aromatic N) is 3. The summed E-state index contributed by atoms with van der Waals surface area (Å²) in [5.74, 6) is 0.251. The van der Waals surface area contributed by atoms with E-state index in [4.69, 9.17) is 15.2 Å². The summed E-state index contributed by atoms with van der Waals surface area (Å²) in [6, 6.07) is 0. The quantitative estimate of drug-likeness (QED) is 0.244. The molecule has 0 amide bonds. The van der Waals surface area contributed by atoms with Crippen molar-refractivity contribution >= 4 is 12.1 Å². The van der Waals surface area contributed by atoms with Crippen molar-refractivity contribution in [3.05, 3.63) is 0 Å². The average molecular weight is 173 g/mol. The minimum absolute atomic E-state index is 0.251. The SMILES string of the molecule is ON=CC(=NO)N1CCOCC1. The summed E-state index contributed by atoms with van der Waals surface area (Å²) in [6.45, 7) is 2.48. The van der Waals surface area contributed by atoms with Crippen molar-refractivity contribution in [3.8, 4) is 0 Å². The second-order valence-electron chi connectivity index (χ2n) is 2.30. The lowest BCUT2D eigenvalue weighted by atomic mass is 10.4. The number of amidine groups is 1. The molecule has 1 rings (SSSR count). The summed E-state index contributed by atoms with van der Waals surface area (Å²) in [5.41, 5.74) is 0. The van der Waals surface area contributed by atoms with E-state index in [1.54, 1.807) is 4.90 Å². The van der Waals surface area contributed by atoms with E-state index in [-0.39, 0.29) is 5.84 Å². The van der Waals surface area contributed by atoms with Crippen LogP contribution in [0.3, 0.4) is 0 Å². The zero-order chi connectivity index (χ0) is 8.81. The molecule has 0 aromatic carbocycles. The van der Waals surface area contributed by atoms with Gasteiger partial charge in [-0.1, -0.05) is 10.3 Å². The lowest BCUT2D eigenvalue weighted by Crippen LogP contribution is -2.41. The molecule has 6 heteroatoms. The smallest absolute Gasteiger partial charge is 0.189 e. The summed E-state index contributed by atoms with van der Waals surface area (Å²) in [5, 5.41) is 22.5. The van der Waals surface area contributed by atoms with Gasteiger partial charge in [0.1, 0.15) is 6.21 Å². The number of ether oxygens (including phenoxy) is 1. The van der Waals surface area contributed by atoms with Gasteiger partial charge in [-0.05, 0) is 0 Å². The van der Waals surface area contributed by atoms with Crippen LogP contribution in [0.1, 0.15) is 0 Å². The fourth-order valence-corrected chi connectivity index (χ4v) is 1.01. The van der Waals surface area contributed by atoms with Gasteiger partial charge in [0.15, 0.2) is 5.84 Å². The Kier molecular flexibility index (Phi) is 3.34. The highest BCUT2D eigenvalue weighted by Crippen LogP contribution is 1.97. The standard InChI is InChI=1S/C6H11N3O3/c10-7-5-6(8-11)9-1-3-12-4-2-9/h5,10-11H,1-4H2. The zero-order valence-electron chi connectivity index (χ0n) is 6.55. The third-order valence-corrected chi connectivity index (χ3v) is 1.61. The summed E-state index contributed by atoms with van der Waals surface area (Å²) < 4.78 is 5.09. The summed E-state index contributed by atoms with van der Waals surface area (Å²) >= 11 is 0. The molecule has 0 saturated carbocycles. The third-order valence-electron chi connectivity index (χ3n) is 1.61. The van der Waals surface area contributed by atoms with Gasteiger partial charge in [-0.15, -0.1) is 0 Å². The molecule has 68 valence electrons. The molecule has 0 aromatic heterocycles. The highest BCUT2D eigenvalue weighted by molar-refractivity contribution is 6.28. The van der Waals surface area contributed by atoms with Gasteiger partial charge >= 0.3 is 0 Å². The highest BCUT2D eigenvalue weighted by Gasteiger charge is 2.13. The molecule has 0 bridgehead atoms. The second kappa shape index (κ2) is 4.55. The molecule has 0 aliphatic carbocycles. The monoisotopic (exact) mass is 173 g/mol. The lowest BCUT2D eigenvalue weighted by Gasteiger charge is -2.26. The maximum Gasteiger partial charge on any atom is 0.189 e. The molecule has 0 unspecified atom stereocenters. The zero-order valence-corrected chi connectivity index (χ0v) is 6.55. The fourth-order valence-electron chi connectivity index (χ4n) is 1.01. The van der Waals surface area contributed by atoms with Crippen LogP contribution in [0.2, 0.25) is 0 Å². The Morgan fingerprint density at radius 1 is 1.33 bits per heavy atom. The van der Waals surface area contributed by atoms with Gasteiger partial charge in [-0.3, -0.25) is 0 Å². The summed E-state index contributed by atoms with van der Waals surface area (Å²) in [4.78, 5) is 1.77. The van der Waals surface area contributed by atoms with Gasteiger partial charge in [0.25, 0.3) is 0 Å². The third kappa shape index (κ3) is 2.09. The first-order valence-electron chi connectivity index (χ1n) is 3.60. The van der Waals surface area contributed by atoms with Crippen molar-refractivity contribution in [3.63, 3.8) is 0 Å². The molecule has 1 aliphatic rings. The number of oxime groups is 2. The molecular formula is C6H11N3O3. The molecule has 2 N–H and O–H groups in total. The van der Waals surface area contributed by atoms with Crippen molar-refractivity contribution in [2.24, 2.45) is 10.3 Å². The Labute approximate surface area is 69.7 Å². The first-order chi connectivity index (χ1) is 5.88. The van der Waals surface area contributed by atoms with Crippen LogP contribution in [-0.2, 0) is 4.74 Å². The van der Waals surface area contributed by atoms with E-state index in [2.05, 4.69) is 10.3 Å². The molecule has 6 nitrogen and oxygen atoms in total. The Bertz CT molecular complexity index is 186. The van der Waals surface area contributed by atoms with E-state index in [1.165, 1.54) is 0 Å². The number of hydrogen-bond acceptors (Lipinski definition) is 5. The Morgan fingerprint density at radius 3 is 2.50 bits per heavy atom. The van der Waals surface area contributed by atoms with Crippen molar-refractivity contribution in [2.75, 3.05) is 26.3 Å². The fraction of sp³-hybridized carbons (Fsp3) is 0.667. The molecule has 1 fully saturated rings. The van der Waals surface area contributed by atoms with Crippen LogP contribution in [0.4, 0.5) is 0 Å². The molecule has 0 atom stereocenters. The number of hydrogen-bond donors (Lipinski definition) is 2. The van der Waals surface area contributed by atoms with E-state index in [0.717, 1.165) is 6.21 Å². The van der Waals surface area contributed by atoms with Crippen LogP contribution < -0.4 is 0 Å². The van der Waals surface area contributed by atoms with Crippen LogP contribution in [0, 0.1) is 0 Å². The Morgan fingerprint density at radius 2 is 2.00 bits per heavy atom. The largest absolute Gasteiger partial charge is 0.411 e. The van der Waals surface area contributed by atoms with Crippen LogP contribution in [0.25, 0.3) is 0 Å². The summed E-state index contributed by atoms with van der Waals surface area (Å²) in [7, 11) is 0. The normalized spacial score (nSPS) is 20.3. The topological polar surface area (TPSA) is 77.7 Å². The Hall–Kier alpha value is -1.30. The van der Waals surface area contributed by atoms with E-state index in [1.807, 2.05) is 0 Å². The minimum atomic E-state index is 0.251. The average Bonchev–Trinajstić information content (AvgIpc) is 2.15. The van der Waals surface area contributed by atoms with Gasteiger partial charge in [0, 0.05) is 13.1 Å². The van der Waals surface area contributed by atoms with Gasteiger partial charge in [0.05, 0.1) is 13.2 Å². The van der Waals surface area contributed by atoms with Gasteiger partial charge < -0.3 is 20.1 Å². The van der Waals surface area contributed by atoms with Crippen molar-refractivity contribution < 1.29 is 15.2 Å². The molecule has 0 spiro atoms. The number of rotatable bonds is 1. The van der Waals surface area contributed by atoms with Gasteiger partial charge in [0.2, 0.25) is 0 Å². The van der Waals surface area contributed by atoms with Gasteiger partial charge in [-0.25, -0.2) is 0 Å². The Balaban J connectivity index is 2.52. The van der Waals surface area contributed by atoms with E-state index < -0.39 is 0 Å². The van der Waals surface area contributed by atoms with Crippen LogP contribution in [-0.4, -0.2) is 53.7 Å². The first kappa shape index (κ1) is 8.79. The second-order valence-corrected chi connectivity index (χ2v) is 2.30. The molecule has 12 heavy (non-hydrogen) atoms. The first-order valence-corrected chi connectivity index (χ1v) is 3.60. The maximum atomic E-state index is 8.51. The maximum absolute atomic E-state index is 8.51. The molecule has 1 aliphatic heterocycles. The number of morpholine rings is 1. The molecular weight excluding hydrogens is 162 g/mol. The molecule has 1 heterocycles. The molecule has 0 aromatic rings. The molecule has 0 radical (unpaired) electrons. The highest BCUT2D eigenvalue weighted by atomic mass is 16.5. The van der Waals surface area contributed by atoms with Crippen LogP contribution in [0.15, 0.2) is 10.3 Å². The minimum Gasteiger partial charge on any atom is -0.411 e. The predicted molar refractivity (Wildman–Crippen MR) is 41.9 cm³/mol. The molecule has 1 saturated heterocycles. The van der Waals surface area contributed by atoms with Crippen LogP contribution in [0.5, 0.6) is 0 Å². The summed E-state index contributed by atoms with van der Waals surface area (Å²) in [6.07, 6.45) is 1.09. The van der Waals surface area contributed by atoms with E-state index in [9.17, 15) is 0 Å². The van der Waals surface area contributed by atoms with Crippen molar-refractivity contribution in [1.29, 1.82) is 0 Å². The predicted octanol–water partition coefficient (Wildman–Crippen LogP) is -0.434. The van der Waals surface area contributed by atoms with E-state index >= 15 is 0 Å². The van der Waals surface area contributed by atoms with Gasteiger partial charge in [-0.2, -0.15) is 0 Å². The van der Waals surface area contributed by atoms with Crippen molar-refractivity contribution in [2.45, 2.75) is 0 Å². The lowest BCUT2D eigenvalue weighted by molar-refractivity contribution is 0.0675.